The van der Waals surface area contributed by atoms with Gasteiger partial charge in [0, 0.05) is 24.4 Å². The van der Waals surface area contributed by atoms with Crippen LogP contribution in [-0.4, -0.2) is 26.1 Å². The average Bonchev–Trinajstić information content (AvgIpc) is 3.03. The number of H-pyrrole nitrogens is 1. The van der Waals surface area contributed by atoms with Gasteiger partial charge in [0.05, 0.1) is 0 Å². The molecule has 2 aromatic heterocycles. The number of rotatable bonds is 5. The molecule has 3 rings (SSSR count). The largest absolute Gasteiger partial charge is 0.293 e. The number of hydrogen-bond acceptors (Lipinski definition) is 4. The summed E-state index contributed by atoms with van der Waals surface area (Å²) in [7, 11) is 0. The Hall–Kier alpha value is -2.24. The van der Waals surface area contributed by atoms with Gasteiger partial charge in [0.2, 0.25) is 11.9 Å². The van der Waals surface area contributed by atoms with Gasteiger partial charge >= 0.3 is 0 Å². The van der Waals surface area contributed by atoms with E-state index in [1.807, 2.05) is 12.1 Å². The van der Waals surface area contributed by atoms with Gasteiger partial charge < -0.3 is 0 Å². The number of nitrogens with zero attached hydrogens (tertiary/aromatic N) is 3. The monoisotopic (exact) mass is 299 g/mol. The zero-order valence-corrected chi connectivity index (χ0v) is 12.6. The van der Waals surface area contributed by atoms with E-state index in [4.69, 9.17) is 0 Å². The average molecular weight is 299 g/mol. The van der Waals surface area contributed by atoms with Gasteiger partial charge in [-0.1, -0.05) is 32.1 Å². The molecule has 1 fully saturated rings. The van der Waals surface area contributed by atoms with Crippen molar-refractivity contribution in [3.63, 3.8) is 0 Å². The van der Waals surface area contributed by atoms with Gasteiger partial charge in [0.15, 0.2) is 5.82 Å². The Kier molecular flexibility index (Phi) is 4.78. The third-order valence-corrected chi connectivity index (χ3v) is 4.19. The maximum Gasteiger partial charge on any atom is 0.249 e. The van der Waals surface area contributed by atoms with Crippen LogP contribution in [0.25, 0.3) is 11.4 Å². The van der Waals surface area contributed by atoms with Gasteiger partial charge in [-0.05, 0) is 24.5 Å². The number of aromatic nitrogens is 4. The lowest BCUT2D eigenvalue weighted by Crippen LogP contribution is -2.15. The van der Waals surface area contributed by atoms with Crippen LogP contribution in [0.4, 0.5) is 5.95 Å². The molecule has 1 saturated carbocycles. The maximum atomic E-state index is 12.0. The van der Waals surface area contributed by atoms with E-state index >= 15 is 0 Å². The minimum Gasteiger partial charge on any atom is -0.293 e. The van der Waals surface area contributed by atoms with Gasteiger partial charge in [-0.3, -0.25) is 20.2 Å². The highest BCUT2D eigenvalue weighted by atomic mass is 16.1. The van der Waals surface area contributed by atoms with E-state index in [2.05, 4.69) is 25.5 Å². The van der Waals surface area contributed by atoms with Crippen LogP contribution < -0.4 is 5.32 Å². The Morgan fingerprint density at radius 1 is 1.23 bits per heavy atom. The number of anilines is 1. The fourth-order valence-corrected chi connectivity index (χ4v) is 2.95. The highest BCUT2D eigenvalue weighted by molar-refractivity contribution is 5.89. The van der Waals surface area contributed by atoms with Crippen molar-refractivity contribution in [1.29, 1.82) is 0 Å². The van der Waals surface area contributed by atoms with Crippen molar-refractivity contribution in [2.24, 2.45) is 5.92 Å². The summed E-state index contributed by atoms with van der Waals surface area (Å²) in [5.41, 5.74) is 0.894. The van der Waals surface area contributed by atoms with Gasteiger partial charge in [-0.15, -0.1) is 5.10 Å². The van der Waals surface area contributed by atoms with E-state index < -0.39 is 0 Å². The van der Waals surface area contributed by atoms with Crippen LogP contribution in [0, 0.1) is 5.92 Å². The fraction of sp³-hybridized carbons (Fsp3) is 0.500. The van der Waals surface area contributed by atoms with Crippen LogP contribution in [0.2, 0.25) is 0 Å². The number of aromatic amines is 1. The lowest BCUT2D eigenvalue weighted by atomic mass is 9.86. The van der Waals surface area contributed by atoms with Crippen LogP contribution in [0.5, 0.6) is 0 Å². The minimum absolute atomic E-state index is 0.00847. The third-order valence-electron chi connectivity index (χ3n) is 4.19. The van der Waals surface area contributed by atoms with E-state index in [0.29, 0.717) is 24.1 Å². The van der Waals surface area contributed by atoms with Gasteiger partial charge in [0.25, 0.3) is 0 Å². The van der Waals surface area contributed by atoms with Crippen LogP contribution in [-0.2, 0) is 4.79 Å². The number of pyridine rings is 1. The Morgan fingerprint density at radius 2 is 2.00 bits per heavy atom. The van der Waals surface area contributed by atoms with Crippen LogP contribution in [0.15, 0.2) is 24.5 Å². The lowest BCUT2D eigenvalue weighted by molar-refractivity contribution is -0.116. The van der Waals surface area contributed by atoms with Crippen LogP contribution in [0.3, 0.4) is 0 Å². The molecule has 2 aromatic rings. The van der Waals surface area contributed by atoms with Crippen molar-refractivity contribution >= 4 is 11.9 Å². The molecule has 2 heterocycles. The molecule has 22 heavy (non-hydrogen) atoms. The first-order valence-electron chi connectivity index (χ1n) is 7.94. The standard InChI is InChI=1S/C16H21N5O/c22-14(7-6-12-4-2-1-3-5-12)18-16-19-15(20-21-16)13-8-10-17-11-9-13/h8-12H,1-7H2,(H2,18,19,20,21,22). The van der Waals surface area contributed by atoms with Gasteiger partial charge in [-0.25, -0.2) is 0 Å². The second-order valence-corrected chi connectivity index (χ2v) is 5.83. The maximum absolute atomic E-state index is 12.0. The predicted molar refractivity (Wildman–Crippen MR) is 84.1 cm³/mol. The molecule has 116 valence electrons. The summed E-state index contributed by atoms with van der Waals surface area (Å²) in [6.07, 6.45) is 11.4. The molecule has 0 aliphatic heterocycles. The number of hydrogen-bond donors (Lipinski definition) is 2. The molecular formula is C16H21N5O. The molecule has 1 aliphatic carbocycles. The lowest BCUT2D eigenvalue weighted by Gasteiger charge is -2.20. The van der Waals surface area contributed by atoms with E-state index in [9.17, 15) is 4.79 Å². The molecule has 0 saturated heterocycles. The molecular weight excluding hydrogens is 278 g/mol. The Bertz CT molecular complexity index is 604. The molecule has 0 bridgehead atoms. The second-order valence-electron chi connectivity index (χ2n) is 5.83. The molecule has 0 spiro atoms. The number of amides is 1. The second kappa shape index (κ2) is 7.15. The minimum atomic E-state index is -0.00847. The molecule has 1 aliphatic rings. The third kappa shape index (κ3) is 3.90. The SMILES string of the molecule is O=C(CCC1CCCCC1)Nc1n[nH]c(-c2ccncc2)n1. The number of nitrogens with one attached hydrogen (secondary N) is 2. The van der Waals surface area contributed by atoms with Crippen molar-refractivity contribution in [1.82, 2.24) is 20.2 Å². The quantitative estimate of drug-likeness (QED) is 0.888. The molecule has 0 atom stereocenters. The topological polar surface area (TPSA) is 83.6 Å². The van der Waals surface area contributed by atoms with E-state index in [0.717, 1.165) is 12.0 Å². The summed E-state index contributed by atoms with van der Waals surface area (Å²) in [5, 5.41) is 9.63. The highest BCUT2D eigenvalue weighted by Crippen LogP contribution is 2.27. The van der Waals surface area contributed by atoms with Crippen LogP contribution >= 0.6 is 0 Å². The number of carbonyl (C=O) groups is 1. The summed E-state index contributed by atoms with van der Waals surface area (Å²) in [5.74, 6) is 1.66. The zero-order chi connectivity index (χ0) is 15.2. The molecule has 0 aromatic carbocycles. The van der Waals surface area contributed by atoms with Crippen molar-refractivity contribution in [2.75, 3.05) is 5.32 Å². The Morgan fingerprint density at radius 3 is 2.77 bits per heavy atom. The Labute approximate surface area is 129 Å². The van der Waals surface area contributed by atoms with Crippen molar-refractivity contribution in [3.05, 3.63) is 24.5 Å². The van der Waals surface area contributed by atoms with Crippen molar-refractivity contribution in [2.45, 2.75) is 44.9 Å². The first-order valence-corrected chi connectivity index (χ1v) is 7.94. The zero-order valence-electron chi connectivity index (χ0n) is 12.6. The molecule has 2 N–H and O–H groups in total. The Balaban J connectivity index is 1.50. The van der Waals surface area contributed by atoms with Crippen molar-refractivity contribution < 1.29 is 4.79 Å². The van der Waals surface area contributed by atoms with Crippen LogP contribution in [0.1, 0.15) is 44.9 Å². The smallest absolute Gasteiger partial charge is 0.249 e. The normalized spacial score (nSPS) is 15.6. The first kappa shape index (κ1) is 14.7. The molecule has 0 radical (unpaired) electrons. The fourth-order valence-electron chi connectivity index (χ4n) is 2.95. The highest BCUT2D eigenvalue weighted by Gasteiger charge is 2.15. The number of carbonyl (C=O) groups excluding carboxylic acids is 1. The molecule has 6 nitrogen and oxygen atoms in total. The summed E-state index contributed by atoms with van der Waals surface area (Å²) in [6.45, 7) is 0. The van der Waals surface area contributed by atoms with Gasteiger partial charge in [-0.2, -0.15) is 4.98 Å². The molecule has 0 unspecified atom stereocenters. The summed E-state index contributed by atoms with van der Waals surface area (Å²) >= 11 is 0. The van der Waals surface area contributed by atoms with Gasteiger partial charge in [0.1, 0.15) is 0 Å². The summed E-state index contributed by atoms with van der Waals surface area (Å²) in [4.78, 5) is 20.2. The summed E-state index contributed by atoms with van der Waals surface area (Å²) < 4.78 is 0. The summed E-state index contributed by atoms with van der Waals surface area (Å²) in [6, 6.07) is 3.68. The van der Waals surface area contributed by atoms with Crippen molar-refractivity contribution in [3.8, 4) is 11.4 Å². The molecule has 6 heteroatoms. The molecule has 1 amide bonds. The van der Waals surface area contributed by atoms with E-state index in [-0.39, 0.29) is 5.91 Å². The first-order chi connectivity index (χ1) is 10.8. The van der Waals surface area contributed by atoms with E-state index in [1.165, 1.54) is 32.1 Å². The van der Waals surface area contributed by atoms with E-state index in [1.54, 1.807) is 12.4 Å². The predicted octanol–water partition coefficient (Wildman–Crippen LogP) is 3.17.